The molecular weight excluding hydrogens is 366 g/mol. The number of hydrogen-bond donors (Lipinski definition) is 0. The van der Waals surface area contributed by atoms with Crippen LogP contribution in [0.1, 0.15) is 44.7 Å². The fraction of sp³-hybridized carbons (Fsp3) is 0.609. The molecule has 6 heteroatoms. The standard InChI is InChI=1S/C23H31N3O3/c1-4-25-21(28)23(26(22(25)29)15-16(2)3)9-11-24(12-10-23)20(27)19-13-17-7-5-6-8-18(17)14-19/h5-8,16,19H,4,9-15H2,1-3H3. The van der Waals surface area contributed by atoms with Gasteiger partial charge in [0.2, 0.25) is 5.91 Å². The predicted molar refractivity (Wildman–Crippen MR) is 110 cm³/mol. The Kier molecular flexibility index (Phi) is 5.13. The number of nitrogens with zero attached hydrogens (tertiary/aromatic N) is 3. The maximum Gasteiger partial charge on any atom is 0.327 e. The zero-order valence-electron chi connectivity index (χ0n) is 17.7. The van der Waals surface area contributed by atoms with Crippen LogP contribution in [0, 0.1) is 11.8 Å². The van der Waals surface area contributed by atoms with Crippen LogP contribution in [0.2, 0.25) is 0 Å². The Labute approximate surface area is 172 Å². The molecule has 0 aromatic heterocycles. The highest BCUT2D eigenvalue weighted by Crippen LogP contribution is 2.38. The Balaban J connectivity index is 1.47. The molecule has 0 saturated carbocycles. The lowest BCUT2D eigenvalue weighted by Crippen LogP contribution is -2.58. The maximum absolute atomic E-state index is 13.2. The van der Waals surface area contributed by atoms with Crippen LogP contribution < -0.4 is 0 Å². The largest absolute Gasteiger partial charge is 0.342 e. The molecule has 2 fully saturated rings. The molecule has 1 aromatic carbocycles. The summed E-state index contributed by atoms with van der Waals surface area (Å²) in [5.74, 6) is 0.403. The second-order valence-electron chi connectivity index (χ2n) is 9.07. The van der Waals surface area contributed by atoms with Crippen molar-refractivity contribution in [1.29, 1.82) is 0 Å². The van der Waals surface area contributed by atoms with Gasteiger partial charge in [-0.1, -0.05) is 38.1 Å². The number of carbonyl (C=O) groups excluding carboxylic acids is 3. The van der Waals surface area contributed by atoms with Crippen molar-refractivity contribution < 1.29 is 14.4 Å². The van der Waals surface area contributed by atoms with Crippen molar-refractivity contribution in [2.45, 2.75) is 52.0 Å². The third kappa shape index (κ3) is 3.22. The Morgan fingerprint density at radius 3 is 2.21 bits per heavy atom. The summed E-state index contributed by atoms with van der Waals surface area (Å²) in [4.78, 5) is 44.3. The van der Waals surface area contributed by atoms with Crippen molar-refractivity contribution in [3.05, 3.63) is 35.4 Å². The number of likely N-dealkylation sites (N-methyl/N-ethyl adjacent to an activating group) is 1. The number of benzene rings is 1. The summed E-state index contributed by atoms with van der Waals surface area (Å²) in [7, 11) is 0. The fourth-order valence-electron chi connectivity index (χ4n) is 5.25. The molecule has 2 saturated heterocycles. The van der Waals surface area contributed by atoms with Crippen molar-refractivity contribution >= 4 is 17.8 Å². The van der Waals surface area contributed by atoms with E-state index in [1.54, 1.807) is 4.90 Å². The van der Waals surface area contributed by atoms with Crippen molar-refractivity contribution in [2.75, 3.05) is 26.2 Å². The number of hydrogen-bond acceptors (Lipinski definition) is 3. The molecule has 1 aromatic rings. The van der Waals surface area contributed by atoms with Crippen LogP contribution in [0.4, 0.5) is 4.79 Å². The third-order valence-electron chi connectivity index (χ3n) is 6.79. The molecule has 0 N–H and O–H groups in total. The zero-order valence-corrected chi connectivity index (χ0v) is 17.7. The molecule has 156 valence electrons. The van der Waals surface area contributed by atoms with Crippen LogP contribution in [0.3, 0.4) is 0 Å². The molecule has 2 heterocycles. The Hall–Kier alpha value is -2.37. The van der Waals surface area contributed by atoms with Crippen LogP contribution in [-0.4, -0.2) is 64.3 Å². The minimum Gasteiger partial charge on any atom is -0.342 e. The summed E-state index contributed by atoms with van der Waals surface area (Å²) in [5.41, 5.74) is 1.78. The number of urea groups is 1. The van der Waals surface area contributed by atoms with Gasteiger partial charge in [-0.05, 0) is 49.7 Å². The van der Waals surface area contributed by atoms with Crippen LogP contribution in [0.15, 0.2) is 24.3 Å². The summed E-state index contributed by atoms with van der Waals surface area (Å²) in [6.45, 7) is 8.03. The van der Waals surface area contributed by atoms with Crippen molar-refractivity contribution in [1.82, 2.24) is 14.7 Å². The van der Waals surface area contributed by atoms with Gasteiger partial charge in [0.25, 0.3) is 5.91 Å². The second kappa shape index (κ2) is 7.47. The SMILES string of the molecule is CCN1C(=O)N(CC(C)C)C2(CCN(C(=O)C3Cc4ccccc4C3)CC2)C1=O. The molecule has 0 bridgehead atoms. The van der Waals surface area contributed by atoms with Gasteiger partial charge in [0.05, 0.1) is 0 Å². The van der Waals surface area contributed by atoms with Crippen LogP contribution in [-0.2, 0) is 22.4 Å². The van der Waals surface area contributed by atoms with Crippen LogP contribution in [0.25, 0.3) is 0 Å². The molecule has 29 heavy (non-hydrogen) atoms. The Morgan fingerprint density at radius 1 is 1.10 bits per heavy atom. The maximum atomic E-state index is 13.2. The van der Waals surface area contributed by atoms with Crippen molar-refractivity contribution in [3.8, 4) is 0 Å². The Morgan fingerprint density at radius 2 is 1.69 bits per heavy atom. The van der Waals surface area contributed by atoms with E-state index < -0.39 is 5.54 Å². The molecule has 0 radical (unpaired) electrons. The number of fused-ring (bicyclic) bond motifs is 1. The third-order valence-corrected chi connectivity index (χ3v) is 6.79. The molecule has 3 aliphatic rings. The van der Waals surface area contributed by atoms with E-state index >= 15 is 0 Å². The van der Waals surface area contributed by atoms with E-state index in [0.29, 0.717) is 39.0 Å². The van der Waals surface area contributed by atoms with E-state index in [1.165, 1.54) is 16.0 Å². The molecule has 0 unspecified atom stereocenters. The first kappa shape index (κ1) is 19.9. The zero-order chi connectivity index (χ0) is 20.8. The normalized spacial score (nSPS) is 21.6. The molecule has 2 aliphatic heterocycles. The molecule has 4 amide bonds. The van der Waals surface area contributed by atoms with Gasteiger partial charge in [0.15, 0.2) is 0 Å². The summed E-state index contributed by atoms with van der Waals surface area (Å²) >= 11 is 0. The first-order valence-electron chi connectivity index (χ1n) is 10.9. The first-order chi connectivity index (χ1) is 13.9. The summed E-state index contributed by atoms with van der Waals surface area (Å²) in [6.07, 6.45) is 2.67. The van der Waals surface area contributed by atoms with Gasteiger partial charge in [0, 0.05) is 32.1 Å². The van der Waals surface area contributed by atoms with Crippen LogP contribution in [0.5, 0.6) is 0 Å². The second-order valence-corrected chi connectivity index (χ2v) is 9.07. The van der Waals surface area contributed by atoms with Gasteiger partial charge in [-0.15, -0.1) is 0 Å². The summed E-state index contributed by atoms with van der Waals surface area (Å²) in [6, 6.07) is 8.11. The molecule has 0 atom stereocenters. The monoisotopic (exact) mass is 397 g/mol. The molecule has 4 rings (SSSR count). The molecule has 1 aliphatic carbocycles. The minimum atomic E-state index is -0.771. The highest BCUT2D eigenvalue weighted by molar-refractivity contribution is 6.07. The lowest BCUT2D eigenvalue weighted by Gasteiger charge is -2.43. The lowest BCUT2D eigenvalue weighted by molar-refractivity contribution is -0.143. The van der Waals surface area contributed by atoms with Gasteiger partial charge in [-0.2, -0.15) is 0 Å². The van der Waals surface area contributed by atoms with E-state index in [0.717, 1.165) is 12.8 Å². The fourth-order valence-corrected chi connectivity index (χ4v) is 5.25. The number of piperidine rings is 1. The highest BCUT2D eigenvalue weighted by atomic mass is 16.2. The highest BCUT2D eigenvalue weighted by Gasteiger charge is 2.57. The smallest absolute Gasteiger partial charge is 0.327 e. The van der Waals surface area contributed by atoms with Gasteiger partial charge in [-0.3, -0.25) is 14.5 Å². The Bertz CT molecular complexity index is 801. The van der Waals surface area contributed by atoms with E-state index in [1.807, 2.05) is 24.0 Å². The van der Waals surface area contributed by atoms with E-state index in [4.69, 9.17) is 0 Å². The summed E-state index contributed by atoms with van der Waals surface area (Å²) < 4.78 is 0. The molecule has 6 nitrogen and oxygen atoms in total. The topological polar surface area (TPSA) is 60.9 Å². The first-order valence-corrected chi connectivity index (χ1v) is 10.9. The van der Waals surface area contributed by atoms with Gasteiger partial charge >= 0.3 is 6.03 Å². The van der Waals surface area contributed by atoms with Gasteiger partial charge < -0.3 is 9.80 Å². The molecule has 1 spiro atoms. The number of carbonyl (C=O) groups is 3. The quantitative estimate of drug-likeness (QED) is 0.734. The van der Waals surface area contributed by atoms with E-state index in [9.17, 15) is 14.4 Å². The van der Waals surface area contributed by atoms with Gasteiger partial charge in [-0.25, -0.2) is 4.79 Å². The molecular formula is C23H31N3O3. The van der Waals surface area contributed by atoms with E-state index in [-0.39, 0.29) is 29.7 Å². The van der Waals surface area contributed by atoms with Crippen LogP contribution >= 0.6 is 0 Å². The van der Waals surface area contributed by atoms with Crippen molar-refractivity contribution in [2.24, 2.45) is 11.8 Å². The number of amides is 4. The van der Waals surface area contributed by atoms with Crippen molar-refractivity contribution in [3.63, 3.8) is 0 Å². The number of rotatable bonds is 4. The average Bonchev–Trinajstić information content (AvgIpc) is 3.22. The minimum absolute atomic E-state index is 0.00117. The average molecular weight is 398 g/mol. The summed E-state index contributed by atoms with van der Waals surface area (Å²) in [5, 5.41) is 0. The van der Waals surface area contributed by atoms with Gasteiger partial charge in [0.1, 0.15) is 5.54 Å². The number of likely N-dealkylation sites (tertiary alicyclic amines) is 1. The predicted octanol–water partition coefficient (Wildman–Crippen LogP) is 2.70. The number of imide groups is 1. The lowest BCUT2D eigenvalue weighted by atomic mass is 9.84. The van der Waals surface area contributed by atoms with E-state index in [2.05, 4.69) is 26.0 Å².